The lowest BCUT2D eigenvalue weighted by atomic mass is 9.56. The fraction of sp³-hybridized carbons (Fsp3) is 0.688. The Kier molecular flexibility index (Phi) is 11.4. The third kappa shape index (κ3) is 7.43. The molecule has 14 heteroatoms. The molecule has 46 heavy (non-hydrogen) atoms. The zero-order valence-electron chi connectivity index (χ0n) is 27.4. The van der Waals surface area contributed by atoms with Gasteiger partial charge in [0.05, 0.1) is 24.4 Å². The number of hydrogen-bond acceptors (Lipinski definition) is 14. The van der Waals surface area contributed by atoms with E-state index in [2.05, 4.69) is 0 Å². The Balaban J connectivity index is 2.36. The average Bonchev–Trinajstić information content (AvgIpc) is 3.14. The predicted octanol–water partition coefficient (Wildman–Crippen LogP) is 1.62. The summed E-state index contributed by atoms with van der Waals surface area (Å²) in [4.78, 5) is 75.3. The van der Waals surface area contributed by atoms with E-state index in [0.29, 0.717) is 5.57 Å². The van der Waals surface area contributed by atoms with Gasteiger partial charge in [-0.05, 0) is 32.4 Å². The van der Waals surface area contributed by atoms with Crippen molar-refractivity contribution in [2.24, 2.45) is 17.3 Å². The lowest BCUT2D eigenvalue weighted by molar-refractivity contribution is -0.218. The average molecular weight is 653 g/mol. The van der Waals surface area contributed by atoms with Crippen LogP contribution in [0.15, 0.2) is 23.3 Å². The number of hydrogen-bond donors (Lipinski definition) is 2. The number of fused-ring (bicyclic) bond motifs is 2. The number of esters is 6. The second kappa shape index (κ2) is 14.3. The highest BCUT2D eigenvalue weighted by Gasteiger charge is 2.67. The maximum atomic E-state index is 13.1. The summed E-state index contributed by atoms with van der Waals surface area (Å²) in [6.07, 6.45) is -5.03. The van der Waals surface area contributed by atoms with Gasteiger partial charge in [-0.25, -0.2) is 0 Å². The highest BCUT2D eigenvalue weighted by Crippen LogP contribution is 2.55. The van der Waals surface area contributed by atoms with Crippen LogP contribution in [0.5, 0.6) is 0 Å². The number of ether oxygens (including phenoxy) is 6. The molecular formula is C32H44O14. The van der Waals surface area contributed by atoms with Gasteiger partial charge in [0.1, 0.15) is 30.5 Å². The first-order chi connectivity index (χ1) is 21.4. The highest BCUT2D eigenvalue weighted by molar-refractivity contribution is 5.78. The molecule has 1 fully saturated rings. The van der Waals surface area contributed by atoms with Crippen LogP contribution in [0.1, 0.15) is 74.7 Å². The predicted molar refractivity (Wildman–Crippen MR) is 156 cm³/mol. The molecule has 0 amide bonds. The molecule has 0 radical (unpaired) electrons. The lowest BCUT2D eigenvalue weighted by Gasteiger charge is -2.55. The van der Waals surface area contributed by atoms with Crippen LogP contribution in [0.4, 0.5) is 0 Å². The van der Waals surface area contributed by atoms with Crippen LogP contribution in [0, 0.1) is 17.3 Å². The van der Waals surface area contributed by atoms with Gasteiger partial charge < -0.3 is 38.6 Å². The molecule has 2 aliphatic carbocycles. The molecule has 14 nitrogen and oxygen atoms in total. The van der Waals surface area contributed by atoms with Crippen molar-refractivity contribution in [1.29, 1.82) is 0 Å². The van der Waals surface area contributed by atoms with Gasteiger partial charge in [-0.1, -0.05) is 18.6 Å². The van der Waals surface area contributed by atoms with E-state index in [-0.39, 0.29) is 24.8 Å². The summed E-state index contributed by atoms with van der Waals surface area (Å²) in [6.45, 7) is 10.2. The van der Waals surface area contributed by atoms with Gasteiger partial charge in [-0.3, -0.25) is 28.8 Å². The van der Waals surface area contributed by atoms with Crippen LogP contribution in [0.2, 0.25) is 0 Å². The number of aliphatic hydroxyl groups excluding tert-OH is 1. The maximum absolute atomic E-state index is 13.1. The van der Waals surface area contributed by atoms with Crippen molar-refractivity contribution in [1.82, 2.24) is 0 Å². The van der Waals surface area contributed by atoms with Gasteiger partial charge in [0.25, 0.3) is 0 Å². The van der Waals surface area contributed by atoms with E-state index >= 15 is 0 Å². The van der Waals surface area contributed by atoms with Crippen molar-refractivity contribution < 1.29 is 67.4 Å². The van der Waals surface area contributed by atoms with Crippen LogP contribution < -0.4 is 0 Å². The first-order valence-electron chi connectivity index (χ1n) is 15.1. The minimum atomic E-state index is -2.27. The molecule has 0 bridgehead atoms. The molecule has 3 aliphatic rings. The Morgan fingerprint density at radius 2 is 1.57 bits per heavy atom. The lowest BCUT2D eigenvalue weighted by Crippen LogP contribution is -2.65. The minimum absolute atomic E-state index is 0.0216. The molecule has 2 N–H and O–H groups in total. The summed E-state index contributed by atoms with van der Waals surface area (Å²) in [5.74, 6) is -6.80. The SMILES string of the molecule is CC(=O)OC(C)CC(=O)OC1CC(OC(C)=O)C2(C)C(OC(C)=O)CC=C(C)C2C(OC(C)=O)C2(O)C(C=C1CO)OC(=O)C2C. The molecule has 1 saturated heterocycles. The van der Waals surface area contributed by atoms with E-state index in [9.17, 15) is 39.0 Å². The van der Waals surface area contributed by atoms with Crippen molar-refractivity contribution in [2.75, 3.05) is 6.61 Å². The zero-order chi connectivity index (χ0) is 34.7. The number of carbonyl (C=O) groups is 6. The summed E-state index contributed by atoms with van der Waals surface area (Å²) in [5.41, 5.74) is -3.20. The van der Waals surface area contributed by atoms with Gasteiger partial charge in [0.2, 0.25) is 0 Å². The second-order valence-corrected chi connectivity index (χ2v) is 12.5. The molecule has 0 aromatic rings. The van der Waals surface area contributed by atoms with Crippen molar-refractivity contribution in [3.05, 3.63) is 23.3 Å². The van der Waals surface area contributed by atoms with Crippen molar-refractivity contribution in [2.45, 2.75) is 117 Å². The molecule has 0 aromatic carbocycles. The normalized spacial score (nSPS) is 34.7. The minimum Gasteiger partial charge on any atom is -0.462 e. The summed E-state index contributed by atoms with van der Waals surface area (Å²) in [6, 6.07) is 0. The number of carbonyl (C=O) groups excluding carboxylic acids is 6. The molecule has 10 unspecified atom stereocenters. The van der Waals surface area contributed by atoms with E-state index in [1.807, 2.05) is 0 Å². The van der Waals surface area contributed by atoms with E-state index in [4.69, 9.17) is 28.4 Å². The largest absolute Gasteiger partial charge is 0.462 e. The molecular weight excluding hydrogens is 608 g/mol. The summed E-state index contributed by atoms with van der Waals surface area (Å²) >= 11 is 0. The zero-order valence-corrected chi connectivity index (χ0v) is 27.4. The Morgan fingerprint density at radius 3 is 2.11 bits per heavy atom. The molecule has 1 aliphatic heterocycles. The van der Waals surface area contributed by atoms with Gasteiger partial charge in [0, 0.05) is 46.5 Å². The quantitative estimate of drug-likeness (QED) is 0.218. The standard InChI is InChI=1S/C32H44O14/c1-15-9-10-24(42-19(5)35)31(8)25(43-20(6)36)13-23(45-27(38)11-16(2)41-18(4)34)22(14-33)12-26-32(40,17(3)30(39)46-26)29(28(15)31)44-21(7)37/h9,12,16-17,23-26,28-29,33,40H,10-11,13-14H2,1-8H3. The Morgan fingerprint density at radius 1 is 0.978 bits per heavy atom. The maximum Gasteiger partial charge on any atom is 0.312 e. The van der Waals surface area contributed by atoms with Gasteiger partial charge >= 0.3 is 35.8 Å². The first kappa shape index (κ1) is 36.7. The summed E-state index contributed by atoms with van der Waals surface area (Å²) in [5, 5.41) is 23.1. The monoisotopic (exact) mass is 652 g/mol. The topological polar surface area (TPSA) is 198 Å². The number of aliphatic hydroxyl groups is 2. The molecule has 256 valence electrons. The second-order valence-electron chi connectivity index (χ2n) is 12.5. The molecule has 0 aromatic heterocycles. The van der Waals surface area contributed by atoms with Crippen LogP contribution in [0.3, 0.4) is 0 Å². The summed E-state index contributed by atoms with van der Waals surface area (Å²) < 4.78 is 34.0. The van der Waals surface area contributed by atoms with Crippen molar-refractivity contribution in [3.8, 4) is 0 Å². The smallest absolute Gasteiger partial charge is 0.312 e. The third-order valence-electron chi connectivity index (χ3n) is 9.10. The van der Waals surface area contributed by atoms with Crippen molar-refractivity contribution in [3.63, 3.8) is 0 Å². The Hall–Kier alpha value is -3.78. The molecule has 0 spiro atoms. The van der Waals surface area contributed by atoms with E-state index in [1.165, 1.54) is 33.8 Å². The Labute approximate surface area is 267 Å². The molecule has 1 heterocycles. The van der Waals surface area contributed by atoms with Crippen LogP contribution in [0.25, 0.3) is 0 Å². The van der Waals surface area contributed by atoms with E-state index < -0.39 is 102 Å². The van der Waals surface area contributed by atoms with E-state index in [1.54, 1.807) is 19.9 Å². The van der Waals surface area contributed by atoms with Crippen molar-refractivity contribution >= 4 is 35.8 Å². The summed E-state index contributed by atoms with van der Waals surface area (Å²) in [7, 11) is 0. The van der Waals surface area contributed by atoms with Gasteiger partial charge in [-0.2, -0.15) is 0 Å². The van der Waals surface area contributed by atoms with Gasteiger partial charge in [0.15, 0.2) is 11.7 Å². The van der Waals surface area contributed by atoms with Crippen LogP contribution in [-0.4, -0.2) is 94.9 Å². The highest BCUT2D eigenvalue weighted by atomic mass is 16.6. The Bertz CT molecular complexity index is 1300. The van der Waals surface area contributed by atoms with Gasteiger partial charge in [-0.15, -0.1) is 0 Å². The number of rotatable bonds is 8. The third-order valence-corrected chi connectivity index (χ3v) is 9.10. The van der Waals surface area contributed by atoms with E-state index in [0.717, 1.165) is 13.8 Å². The molecule has 3 rings (SSSR count). The van der Waals surface area contributed by atoms with Crippen LogP contribution in [-0.2, 0) is 57.2 Å². The fourth-order valence-electron chi connectivity index (χ4n) is 6.98. The molecule has 10 atom stereocenters. The molecule has 0 saturated carbocycles. The van der Waals surface area contributed by atoms with Crippen LogP contribution >= 0.6 is 0 Å². The fourth-order valence-corrected chi connectivity index (χ4v) is 6.98. The first-order valence-corrected chi connectivity index (χ1v) is 15.1.